The Morgan fingerprint density at radius 2 is 2.06 bits per heavy atom. The summed E-state index contributed by atoms with van der Waals surface area (Å²) in [5.74, 6) is -0.0832. The van der Waals surface area contributed by atoms with Crippen molar-refractivity contribution in [2.75, 3.05) is 6.61 Å². The highest BCUT2D eigenvalue weighted by Crippen LogP contribution is 2.31. The van der Waals surface area contributed by atoms with Crippen LogP contribution in [0.2, 0.25) is 0 Å². The van der Waals surface area contributed by atoms with Crippen LogP contribution in [-0.2, 0) is 4.79 Å². The largest absolute Gasteiger partial charge is 0.394 e. The van der Waals surface area contributed by atoms with Crippen molar-refractivity contribution in [2.45, 2.75) is 37.3 Å². The number of hydrogen-bond acceptors (Lipinski definition) is 3. The predicted molar refractivity (Wildman–Crippen MR) is 69.8 cm³/mol. The smallest absolute Gasteiger partial charge is 0.222 e. The first kappa shape index (κ1) is 13.1. The molecule has 4 heteroatoms. The number of hydrogen-bond donors (Lipinski definition) is 3. The molecule has 1 saturated carbocycles. The molecule has 0 aromatic heterocycles. The Labute approximate surface area is 107 Å². The molecule has 1 amide bonds. The van der Waals surface area contributed by atoms with E-state index in [9.17, 15) is 9.90 Å². The lowest BCUT2D eigenvalue weighted by atomic mass is 9.77. The molecule has 1 atom stereocenters. The van der Waals surface area contributed by atoms with E-state index < -0.39 is 0 Å². The van der Waals surface area contributed by atoms with Crippen molar-refractivity contribution in [3.63, 3.8) is 0 Å². The van der Waals surface area contributed by atoms with Crippen LogP contribution in [0.5, 0.6) is 0 Å². The van der Waals surface area contributed by atoms with Gasteiger partial charge in [0.2, 0.25) is 5.91 Å². The molecule has 18 heavy (non-hydrogen) atoms. The lowest BCUT2D eigenvalue weighted by Gasteiger charge is -2.41. The molecule has 1 aromatic carbocycles. The maximum atomic E-state index is 11.9. The van der Waals surface area contributed by atoms with Gasteiger partial charge in [0, 0.05) is 12.5 Å². The van der Waals surface area contributed by atoms with Crippen LogP contribution in [0.25, 0.3) is 0 Å². The molecule has 4 nitrogen and oxygen atoms in total. The molecular weight excluding hydrogens is 228 g/mol. The molecular formula is C14H20N2O2. The zero-order valence-electron chi connectivity index (χ0n) is 10.4. The molecule has 0 heterocycles. The number of aliphatic hydroxyl groups excluding tert-OH is 1. The maximum absolute atomic E-state index is 11.9. The molecule has 1 aromatic rings. The van der Waals surface area contributed by atoms with Crippen molar-refractivity contribution in [3.05, 3.63) is 35.9 Å². The maximum Gasteiger partial charge on any atom is 0.222 e. The lowest BCUT2D eigenvalue weighted by molar-refractivity contribution is -0.125. The number of nitrogens with two attached hydrogens (primary N) is 1. The summed E-state index contributed by atoms with van der Waals surface area (Å²) < 4.78 is 0. The first-order valence-corrected chi connectivity index (χ1v) is 6.38. The topological polar surface area (TPSA) is 75.4 Å². The van der Waals surface area contributed by atoms with Crippen LogP contribution in [0.15, 0.2) is 30.3 Å². The predicted octanol–water partition coefficient (Wildman–Crippen LogP) is 1.11. The van der Waals surface area contributed by atoms with Gasteiger partial charge in [0.05, 0.1) is 12.1 Å². The minimum absolute atomic E-state index is 0.0132. The molecule has 0 bridgehead atoms. The molecule has 1 aliphatic rings. The fourth-order valence-corrected chi connectivity index (χ4v) is 2.29. The van der Waals surface area contributed by atoms with Gasteiger partial charge in [-0.25, -0.2) is 0 Å². The summed E-state index contributed by atoms with van der Waals surface area (Å²) in [6, 6.07) is 9.29. The van der Waals surface area contributed by atoms with Crippen LogP contribution in [0.1, 0.15) is 37.3 Å². The summed E-state index contributed by atoms with van der Waals surface area (Å²) in [4.78, 5) is 11.9. The van der Waals surface area contributed by atoms with Crippen molar-refractivity contribution in [3.8, 4) is 0 Å². The summed E-state index contributed by atoms with van der Waals surface area (Å²) in [5, 5.41) is 12.2. The monoisotopic (exact) mass is 248 g/mol. The fraction of sp³-hybridized carbons (Fsp3) is 0.500. The standard InChI is InChI=1S/C14H20N2O2/c15-12(11-5-2-1-3-6-11)9-13(18)16-14(10-17)7-4-8-14/h1-3,5-6,12,17H,4,7-10,15H2,(H,16,18). The van der Waals surface area contributed by atoms with Gasteiger partial charge in [-0.2, -0.15) is 0 Å². The molecule has 0 radical (unpaired) electrons. The van der Waals surface area contributed by atoms with E-state index in [4.69, 9.17) is 5.73 Å². The SMILES string of the molecule is NC(CC(=O)NC1(CO)CCC1)c1ccccc1. The molecule has 1 fully saturated rings. The third-order valence-electron chi connectivity index (χ3n) is 3.65. The highest BCUT2D eigenvalue weighted by Gasteiger charge is 2.37. The van der Waals surface area contributed by atoms with E-state index in [1.165, 1.54) is 0 Å². The number of carbonyl (C=O) groups is 1. The third kappa shape index (κ3) is 2.89. The van der Waals surface area contributed by atoms with Crippen LogP contribution in [-0.4, -0.2) is 23.2 Å². The summed E-state index contributed by atoms with van der Waals surface area (Å²) >= 11 is 0. The zero-order chi connectivity index (χ0) is 13.0. The minimum Gasteiger partial charge on any atom is -0.394 e. The Hall–Kier alpha value is -1.39. The van der Waals surface area contributed by atoms with E-state index in [1.807, 2.05) is 30.3 Å². The van der Waals surface area contributed by atoms with Crippen molar-refractivity contribution in [1.82, 2.24) is 5.32 Å². The van der Waals surface area contributed by atoms with Crippen LogP contribution in [0.3, 0.4) is 0 Å². The van der Waals surface area contributed by atoms with Gasteiger partial charge in [-0.05, 0) is 24.8 Å². The number of amides is 1. The zero-order valence-corrected chi connectivity index (χ0v) is 10.4. The van der Waals surface area contributed by atoms with Crippen LogP contribution in [0.4, 0.5) is 0 Å². The van der Waals surface area contributed by atoms with Gasteiger partial charge >= 0.3 is 0 Å². The Morgan fingerprint density at radius 3 is 2.56 bits per heavy atom. The second kappa shape index (κ2) is 5.50. The number of nitrogens with one attached hydrogen (secondary N) is 1. The fourth-order valence-electron chi connectivity index (χ4n) is 2.29. The Balaban J connectivity index is 1.88. The van der Waals surface area contributed by atoms with Gasteiger partial charge in [-0.15, -0.1) is 0 Å². The van der Waals surface area contributed by atoms with Crippen LogP contribution in [0, 0.1) is 0 Å². The normalized spacial score (nSPS) is 18.8. The summed E-state index contributed by atoms with van der Waals surface area (Å²) in [7, 11) is 0. The van der Waals surface area contributed by atoms with Gasteiger partial charge in [0.25, 0.3) is 0 Å². The lowest BCUT2D eigenvalue weighted by Crippen LogP contribution is -2.56. The second-order valence-electron chi connectivity index (χ2n) is 5.06. The van der Waals surface area contributed by atoms with E-state index >= 15 is 0 Å². The van der Waals surface area contributed by atoms with E-state index in [2.05, 4.69) is 5.32 Å². The highest BCUT2D eigenvalue weighted by atomic mass is 16.3. The molecule has 1 aliphatic carbocycles. The number of benzene rings is 1. The van der Waals surface area contributed by atoms with Crippen molar-refractivity contribution in [1.29, 1.82) is 0 Å². The average molecular weight is 248 g/mol. The highest BCUT2D eigenvalue weighted by molar-refractivity contribution is 5.77. The Bertz CT molecular complexity index is 396. The van der Waals surface area contributed by atoms with Gasteiger partial charge < -0.3 is 16.2 Å². The summed E-state index contributed by atoms with van der Waals surface area (Å²) in [6.45, 7) is 0.0132. The van der Waals surface area contributed by atoms with E-state index in [0.29, 0.717) is 0 Å². The first-order chi connectivity index (χ1) is 8.65. The quantitative estimate of drug-likeness (QED) is 0.730. The Morgan fingerprint density at radius 1 is 1.39 bits per heavy atom. The average Bonchev–Trinajstić information content (AvgIpc) is 2.35. The van der Waals surface area contributed by atoms with E-state index in [-0.39, 0.29) is 30.5 Å². The van der Waals surface area contributed by atoms with Gasteiger partial charge in [0.1, 0.15) is 0 Å². The number of aliphatic hydroxyl groups is 1. The minimum atomic E-state index is -0.381. The molecule has 1 unspecified atom stereocenters. The molecule has 98 valence electrons. The number of rotatable bonds is 5. The summed E-state index contributed by atoms with van der Waals surface area (Å²) in [6.07, 6.45) is 3.03. The Kier molecular flexibility index (Phi) is 3.99. The number of carbonyl (C=O) groups excluding carboxylic acids is 1. The van der Waals surface area contributed by atoms with Crippen molar-refractivity contribution >= 4 is 5.91 Å². The molecule has 2 rings (SSSR count). The third-order valence-corrected chi connectivity index (χ3v) is 3.65. The second-order valence-corrected chi connectivity index (χ2v) is 5.06. The van der Waals surface area contributed by atoms with Gasteiger partial charge in [-0.1, -0.05) is 30.3 Å². The summed E-state index contributed by atoms with van der Waals surface area (Å²) in [5.41, 5.74) is 6.57. The van der Waals surface area contributed by atoms with E-state index in [1.54, 1.807) is 0 Å². The van der Waals surface area contributed by atoms with Crippen molar-refractivity contribution in [2.24, 2.45) is 5.73 Å². The van der Waals surface area contributed by atoms with Crippen molar-refractivity contribution < 1.29 is 9.90 Å². The van der Waals surface area contributed by atoms with Gasteiger partial charge in [0.15, 0.2) is 0 Å². The first-order valence-electron chi connectivity index (χ1n) is 6.38. The molecule has 0 spiro atoms. The molecule has 4 N–H and O–H groups in total. The molecule has 0 aliphatic heterocycles. The van der Waals surface area contributed by atoms with Gasteiger partial charge in [-0.3, -0.25) is 4.79 Å². The molecule has 0 saturated heterocycles. The van der Waals surface area contributed by atoms with Crippen LogP contribution >= 0.6 is 0 Å². The van der Waals surface area contributed by atoms with Crippen LogP contribution < -0.4 is 11.1 Å². The van der Waals surface area contributed by atoms with E-state index in [0.717, 1.165) is 24.8 Å².